The first-order valence-electron chi connectivity index (χ1n) is 6.13. The van der Waals surface area contributed by atoms with Crippen LogP contribution in [-0.4, -0.2) is 43.7 Å². The zero-order chi connectivity index (χ0) is 12.8. The van der Waals surface area contributed by atoms with Crippen LogP contribution in [0.5, 0.6) is 0 Å². The van der Waals surface area contributed by atoms with Gasteiger partial charge in [0.2, 0.25) is 0 Å². The zero-order valence-corrected chi connectivity index (χ0v) is 13.8. The fraction of sp³-hybridized carbons (Fsp3) is 0.462. The van der Waals surface area contributed by atoms with Crippen LogP contribution < -0.4 is 5.73 Å². The van der Waals surface area contributed by atoms with Crippen LogP contribution in [0.15, 0.2) is 29.3 Å². The number of nitrogens with zero attached hydrogens (tertiary/aromatic N) is 2. The Hall–Kier alpha value is -0.530. The molecular formula is C13H19ClIN3O. The lowest BCUT2D eigenvalue weighted by Crippen LogP contribution is -2.44. The van der Waals surface area contributed by atoms with Gasteiger partial charge in [-0.15, -0.1) is 24.0 Å². The third-order valence-electron chi connectivity index (χ3n) is 2.90. The van der Waals surface area contributed by atoms with Crippen molar-refractivity contribution in [3.8, 4) is 0 Å². The van der Waals surface area contributed by atoms with Gasteiger partial charge >= 0.3 is 0 Å². The topological polar surface area (TPSA) is 50.8 Å². The number of ether oxygens (including phenoxy) is 1. The average Bonchev–Trinajstić information content (AvgIpc) is 2.40. The maximum atomic E-state index is 5.94. The highest BCUT2D eigenvalue weighted by atomic mass is 127. The molecule has 4 nitrogen and oxygen atoms in total. The van der Waals surface area contributed by atoms with Gasteiger partial charge in [0.1, 0.15) is 0 Å². The van der Waals surface area contributed by atoms with Gasteiger partial charge < -0.3 is 15.4 Å². The highest BCUT2D eigenvalue weighted by molar-refractivity contribution is 14.0. The van der Waals surface area contributed by atoms with E-state index in [0.717, 1.165) is 37.7 Å². The number of benzene rings is 1. The van der Waals surface area contributed by atoms with Gasteiger partial charge in [0.15, 0.2) is 5.96 Å². The number of halogens is 2. The first-order valence-corrected chi connectivity index (χ1v) is 6.50. The number of morpholine rings is 1. The summed E-state index contributed by atoms with van der Waals surface area (Å²) in [6.07, 6.45) is 0.853. The molecule has 0 atom stereocenters. The molecule has 0 saturated carbocycles. The lowest BCUT2D eigenvalue weighted by molar-refractivity contribution is 0.0674. The van der Waals surface area contributed by atoms with Crippen LogP contribution in [0.25, 0.3) is 0 Å². The molecule has 2 rings (SSSR count). The second kappa shape index (κ2) is 8.60. The summed E-state index contributed by atoms with van der Waals surface area (Å²) in [7, 11) is 0. The molecule has 1 aromatic rings. The highest BCUT2D eigenvalue weighted by Crippen LogP contribution is 2.11. The molecule has 1 aromatic carbocycles. The lowest BCUT2D eigenvalue weighted by atomic mass is 10.1. The predicted molar refractivity (Wildman–Crippen MR) is 89.5 cm³/mol. The normalized spacial score (nSPS) is 16.1. The van der Waals surface area contributed by atoms with Crippen LogP contribution in [-0.2, 0) is 11.2 Å². The van der Waals surface area contributed by atoms with E-state index in [1.54, 1.807) is 0 Å². The number of rotatable bonds is 3. The van der Waals surface area contributed by atoms with E-state index in [1.165, 1.54) is 5.56 Å². The SMILES string of the molecule is I.NC(=NCCc1cccc(Cl)c1)N1CCOCC1. The van der Waals surface area contributed by atoms with Gasteiger partial charge in [-0.3, -0.25) is 4.99 Å². The molecule has 0 radical (unpaired) electrons. The van der Waals surface area contributed by atoms with Crippen LogP contribution in [0, 0.1) is 0 Å². The van der Waals surface area contributed by atoms with Crippen molar-refractivity contribution in [2.75, 3.05) is 32.8 Å². The van der Waals surface area contributed by atoms with E-state index in [4.69, 9.17) is 22.1 Å². The molecule has 0 amide bonds. The fourth-order valence-electron chi connectivity index (χ4n) is 1.88. The lowest BCUT2D eigenvalue weighted by Gasteiger charge is -2.27. The van der Waals surface area contributed by atoms with Crippen molar-refractivity contribution in [3.63, 3.8) is 0 Å². The van der Waals surface area contributed by atoms with E-state index < -0.39 is 0 Å². The smallest absolute Gasteiger partial charge is 0.191 e. The monoisotopic (exact) mass is 395 g/mol. The van der Waals surface area contributed by atoms with Crippen LogP contribution >= 0.6 is 35.6 Å². The minimum atomic E-state index is 0. The summed E-state index contributed by atoms with van der Waals surface area (Å²) < 4.78 is 5.27. The fourth-order valence-corrected chi connectivity index (χ4v) is 2.10. The molecule has 1 saturated heterocycles. The molecule has 0 unspecified atom stereocenters. The molecule has 1 aliphatic heterocycles. The standard InChI is InChI=1S/C13H18ClN3O.HI/c14-12-3-1-2-11(10-12)4-5-16-13(15)17-6-8-18-9-7-17;/h1-3,10H,4-9H2,(H2,15,16);1H. The summed E-state index contributed by atoms with van der Waals surface area (Å²) in [6, 6.07) is 7.83. The molecule has 106 valence electrons. The van der Waals surface area contributed by atoms with Crippen molar-refractivity contribution < 1.29 is 4.74 Å². The Morgan fingerprint density at radius 3 is 2.79 bits per heavy atom. The zero-order valence-electron chi connectivity index (χ0n) is 10.7. The van der Waals surface area contributed by atoms with Crippen molar-refractivity contribution in [1.29, 1.82) is 0 Å². The van der Waals surface area contributed by atoms with E-state index in [2.05, 4.69) is 9.89 Å². The molecular weight excluding hydrogens is 377 g/mol. The molecule has 19 heavy (non-hydrogen) atoms. The van der Waals surface area contributed by atoms with Crippen molar-refractivity contribution in [3.05, 3.63) is 34.9 Å². The Morgan fingerprint density at radius 2 is 2.11 bits per heavy atom. The van der Waals surface area contributed by atoms with Crippen LogP contribution in [0.1, 0.15) is 5.56 Å². The van der Waals surface area contributed by atoms with Gasteiger partial charge in [-0.2, -0.15) is 0 Å². The number of aliphatic imine (C=N–C) groups is 1. The molecule has 6 heteroatoms. The first kappa shape index (κ1) is 16.5. The Bertz CT molecular complexity index is 422. The number of hydrogen-bond acceptors (Lipinski definition) is 2. The summed E-state index contributed by atoms with van der Waals surface area (Å²) in [6.45, 7) is 3.79. The van der Waals surface area contributed by atoms with Gasteiger partial charge in [-0.1, -0.05) is 23.7 Å². The largest absolute Gasteiger partial charge is 0.378 e. The minimum absolute atomic E-state index is 0. The van der Waals surface area contributed by atoms with E-state index in [9.17, 15) is 0 Å². The van der Waals surface area contributed by atoms with Gasteiger partial charge in [-0.25, -0.2) is 0 Å². The number of nitrogens with two attached hydrogens (primary N) is 1. The number of hydrogen-bond donors (Lipinski definition) is 1. The van der Waals surface area contributed by atoms with Crippen molar-refractivity contribution in [2.24, 2.45) is 10.7 Å². The van der Waals surface area contributed by atoms with Gasteiger partial charge in [0, 0.05) is 24.7 Å². The average molecular weight is 396 g/mol. The highest BCUT2D eigenvalue weighted by Gasteiger charge is 2.11. The Kier molecular flexibility index (Phi) is 7.48. The van der Waals surface area contributed by atoms with E-state index in [-0.39, 0.29) is 24.0 Å². The van der Waals surface area contributed by atoms with E-state index in [0.29, 0.717) is 12.5 Å². The Balaban J connectivity index is 0.00000180. The summed E-state index contributed by atoms with van der Waals surface area (Å²) in [4.78, 5) is 6.45. The van der Waals surface area contributed by atoms with Crippen LogP contribution in [0.3, 0.4) is 0 Å². The van der Waals surface area contributed by atoms with Gasteiger partial charge in [0.05, 0.1) is 13.2 Å². The third kappa shape index (κ3) is 5.54. The molecule has 1 fully saturated rings. The molecule has 2 N–H and O–H groups in total. The summed E-state index contributed by atoms with van der Waals surface area (Å²) >= 11 is 5.93. The van der Waals surface area contributed by atoms with Crippen LogP contribution in [0.4, 0.5) is 0 Å². The third-order valence-corrected chi connectivity index (χ3v) is 3.13. The molecule has 1 aliphatic rings. The second-order valence-corrected chi connectivity index (χ2v) is 4.66. The summed E-state index contributed by atoms with van der Waals surface area (Å²) in [5.74, 6) is 0.611. The molecule has 0 aromatic heterocycles. The Morgan fingerprint density at radius 1 is 1.37 bits per heavy atom. The maximum Gasteiger partial charge on any atom is 0.191 e. The quantitative estimate of drug-likeness (QED) is 0.485. The van der Waals surface area contributed by atoms with Crippen LogP contribution in [0.2, 0.25) is 5.02 Å². The summed E-state index contributed by atoms with van der Waals surface area (Å²) in [5.41, 5.74) is 7.12. The van der Waals surface area contributed by atoms with Gasteiger partial charge in [-0.05, 0) is 24.1 Å². The maximum absolute atomic E-state index is 5.94. The molecule has 0 bridgehead atoms. The number of guanidine groups is 1. The van der Waals surface area contributed by atoms with Crippen molar-refractivity contribution in [2.45, 2.75) is 6.42 Å². The van der Waals surface area contributed by atoms with E-state index in [1.807, 2.05) is 24.3 Å². The summed E-state index contributed by atoms with van der Waals surface area (Å²) in [5, 5.41) is 0.762. The van der Waals surface area contributed by atoms with E-state index >= 15 is 0 Å². The Labute approximate surface area is 136 Å². The second-order valence-electron chi connectivity index (χ2n) is 4.22. The van der Waals surface area contributed by atoms with Gasteiger partial charge in [0.25, 0.3) is 0 Å². The predicted octanol–water partition coefficient (Wildman–Crippen LogP) is 2.15. The molecule has 1 heterocycles. The molecule has 0 spiro atoms. The molecule has 0 aliphatic carbocycles. The van der Waals surface area contributed by atoms with Crippen molar-refractivity contribution in [1.82, 2.24) is 4.90 Å². The minimum Gasteiger partial charge on any atom is -0.378 e. The van der Waals surface area contributed by atoms with Crippen molar-refractivity contribution >= 4 is 41.5 Å². The first-order chi connectivity index (χ1) is 8.75.